The SMILES string of the molecule is CCOc1cc(C=NNC(=O)CSc2nnc(-c3ccccc3)s2)cc(Br)c1OC. The first-order valence-electron chi connectivity index (χ1n) is 8.94. The Balaban J connectivity index is 1.54. The third-order valence-electron chi connectivity index (χ3n) is 3.69. The van der Waals surface area contributed by atoms with Crippen molar-refractivity contribution in [3.05, 3.63) is 52.5 Å². The van der Waals surface area contributed by atoms with Gasteiger partial charge in [0.1, 0.15) is 5.01 Å². The lowest BCUT2D eigenvalue weighted by atomic mass is 10.2. The molecule has 0 fully saturated rings. The van der Waals surface area contributed by atoms with E-state index in [0.29, 0.717) is 18.1 Å². The van der Waals surface area contributed by atoms with Crippen LogP contribution in [0.4, 0.5) is 0 Å². The van der Waals surface area contributed by atoms with Gasteiger partial charge in [0.05, 0.1) is 30.2 Å². The van der Waals surface area contributed by atoms with E-state index in [1.165, 1.54) is 23.1 Å². The lowest BCUT2D eigenvalue weighted by molar-refractivity contribution is -0.118. The van der Waals surface area contributed by atoms with Crippen molar-refractivity contribution in [3.8, 4) is 22.1 Å². The lowest BCUT2D eigenvalue weighted by Gasteiger charge is -2.11. The molecule has 7 nitrogen and oxygen atoms in total. The van der Waals surface area contributed by atoms with Crippen molar-refractivity contribution in [1.29, 1.82) is 0 Å². The molecule has 0 atom stereocenters. The van der Waals surface area contributed by atoms with Gasteiger partial charge in [-0.3, -0.25) is 4.79 Å². The van der Waals surface area contributed by atoms with E-state index in [-0.39, 0.29) is 11.7 Å². The number of thioether (sulfide) groups is 1. The summed E-state index contributed by atoms with van der Waals surface area (Å²) >= 11 is 6.22. The van der Waals surface area contributed by atoms with E-state index in [1.54, 1.807) is 19.4 Å². The van der Waals surface area contributed by atoms with Gasteiger partial charge in [-0.05, 0) is 40.5 Å². The topological polar surface area (TPSA) is 85.7 Å². The molecule has 1 amide bonds. The molecular formula is C20H19BrN4O3S2. The fourth-order valence-electron chi connectivity index (χ4n) is 2.43. The van der Waals surface area contributed by atoms with Gasteiger partial charge >= 0.3 is 0 Å². The molecule has 0 aliphatic carbocycles. The van der Waals surface area contributed by atoms with Crippen molar-refractivity contribution in [2.75, 3.05) is 19.5 Å². The Bertz CT molecular complexity index is 1030. The van der Waals surface area contributed by atoms with Crippen LogP contribution in [0.3, 0.4) is 0 Å². The molecule has 1 aromatic heterocycles. The number of carbonyl (C=O) groups is 1. The van der Waals surface area contributed by atoms with E-state index in [9.17, 15) is 4.79 Å². The molecule has 3 aromatic rings. The summed E-state index contributed by atoms with van der Waals surface area (Å²) in [5, 5.41) is 13.1. The normalized spacial score (nSPS) is 10.9. The minimum atomic E-state index is -0.231. The van der Waals surface area contributed by atoms with E-state index in [2.05, 4.69) is 36.7 Å². The highest BCUT2D eigenvalue weighted by Gasteiger charge is 2.11. The Morgan fingerprint density at radius 2 is 2.10 bits per heavy atom. The Labute approximate surface area is 191 Å². The second-order valence-corrected chi connectivity index (χ2v) is 8.84. The number of nitrogens with zero attached hydrogens (tertiary/aromatic N) is 3. The number of rotatable bonds is 9. The summed E-state index contributed by atoms with van der Waals surface area (Å²) in [6.45, 7) is 2.40. The highest BCUT2D eigenvalue weighted by Crippen LogP contribution is 2.36. The number of halogens is 1. The smallest absolute Gasteiger partial charge is 0.250 e. The molecule has 0 bridgehead atoms. The van der Waals surface area contributed by atoms with Crippen LogP contribution in [-0.4, -0.2) is 41.8 Å². The predicted octanol–water partition coefficient (Wildman–Crippen LogP) is 4.62. The van der Waals surface area contributed by atoms with Crippen LogP contribution in [0.5, 0.6) is 11.5 Å². The van der Waals surface area contributed by atoms with Crippen LogP contribution in [0.2, 0.25) is 0 Å². The van der Waals surface area contributed by atoms with Crippen LogP contribution in [0.15, 0.2) is 56.4 Å². The van der Waals surface area contributed by atoms with Crippen molar-refractivity contribution in [1.82, 2.24) is 15.6 Å². The van der Waals surface area contributed by atoms with Crippen molar-refractivity contribution in [3.63, 3.8) is 0 Å². The van der Waals surface area contributed by atoms with Crippen molar-refractivity contribution in [2.24, 2.45) is 5.10 Å². The maximum Gasteiger partial charge on any atom is 0.250 e. The number of aromatic nitrogens is 2. The highest BCUT2D eigenvalue weighted by molar-refractivity contribution is 9.10. The van der Waals surface area contributed by atoms with E-state index in [1.807, 2.05) is 43.3 Å². The van der Waals surface area contributed by atoms with Gasteiger partial charge in [0, 0.05) is 5.56 Å². The fraction of sp³-hybridized carbons (Fsp3) is 0.200. The molecule has 0 saturated carbocycles. The van der Waals surface area contributed by atoms with Crippen molar-refractivity contribution < 1.29 is 14.3 Å². The van der Waals surface area contributed by atoms with E-state index in [0.717, 1.165) is 24.9 Å². The molecular weight excluding hydrogens is 488 g/mol. The summed E-state index contributed by atoms with van der Waals surface area (Å²) < 4.78 is 12.4. The van der Waals surface area contributed by atoms with Crippen LogP contribution in [0.25, 0.3) is 10.6 Å². The second-order valence-electron chi connectivity index (χ2n) is 5.79. The van der Waals surface area contributed by atoms with Gasteiger partial charge in [-0.2, -0.15) is 5.10 Å². The van der Waals surface area contributed by atoms with Gasteiger partial charge < -0.3 is 9.47 Å². The van der Waals surface area contributed by atoms with Crippen LogP contribution in [0.1, 0.15) is 12.5 Å². The molecule has 0 radical (unpaired) electrons. The summed E-state index contributed by atoms with van der Waals surface area (Å²) in [6.07, 6.45) is 1.55. The summed E-state index contributed by atoms with van der Waals surface area (Å²) in [7, 11) is 1.58. The van der Waals surface area contributed by atoms with Gasteiger partial charge in [-0.1, -0.05) is 53.4 Å². The third kappa shape index (κ3) is 6.04. The molecule has 30 heavy (non-hydrogen) atoms. The Morgan fingerprint density at radius 3 is 2.83 bits per heavy atom. The summed E-state index contributed by atoms with van der Waals surface area (Å²) in [6, 6.07) is 13.4. The second kappa shape index (κ2) is 11.1. The van der Waals surface area contributed by atoms with E-state index in [4.69, 9.17) is 9.47 Å². The van der Waals surface area contributed by atoms with E-state index >= 15 is 0 Å². The fourth-order valence-corrected chi connectivity index (χ4v) is 4.70. The highest BCUT2D eigenvalue weighted by atomic mass is 79.9. The Morgan fingerprint density at radius 1 is 1.30 bits per heavy atom. The molecule has 0 aliphatic heterocycles. The third-order valence-corrected chi connectivity index (χ3v) is 6.39. The number of hydrogen-bond acceptors (Lipinski definition) is 8. The van der Waals surface area contributed by atoms with E-state index < -0.39 is 0 Å². The Kier molecular flexibility index (Phi) is 8.23. The maximum absolute atomic E-state index is 12.1. The number of hydrazone groups is 1. The molecule has 2 aromatic carbocycles. The summed E-state index contributed by atoms with van der Waals surface area (Å²) in [4.78, 5) is 12.1. The molecule has 1 heterocycles. The van der Waals surface area contributed by atoms with Crippen LogP contribution in [-0.2, 0) is 4.79 Å². The lowest BCUT2D eigenvalue weighted by Crippen LogP contribution is -2.19. The van der Waals surface area contributed by atoms with Crippen LogP contribution in [0, 0.1) is 0 Å². The van der Waals surface area contributed by atoms with Gasteiger partial charge in [0.25, 0.3) is 5.91 Å². The Hall–Kier alpha value is -2.43. The van der Waals surface area contributed by atoms with Gasteiger partial charge in [-0.15, -0.1) is 10.2 Å². The minimum Gasteiger partial charge on any atom is -0.492 e. The molecule has 0 saturated heterocycles. The number of benzene rings is 2. The summed E-state index contributed by atoms with van der Waals surface area (Å²) in [5.41, 5.74) is 4.29. The quantitative estimate of drug-likeness (QED) is 0.259. The average molecular weight is 507 g/mol. The monoisotopic (exact) mass is 506 g/mol. The molecule has 10 heteroatoms. The first-order valence-corrected chi connectivity index (χ1v) is 11.5. The van der Waals surface area contributed by atoms with Gasteiger partial charge in [0.2, 0.25) is 0 Å². The first-order chi connectivity index (χ1) is 14.6. The number of hydrogen-bond donors (Lipinski definition) is 1. The van der Waals surface area contributed by atoms with Gasteiger partial charge in [-0.25, -0.2) is 5.43 Å². The van der Waals surface area contributed by atoms with Crippen LogP contribution < -0.4 is 14.9 Å². The minimum absolute atomic E-state index is 0.192. The molecule has 1 N–H and O–H groups in total. The molecule has 0 aliphatic rings. The first kappa shape index (κ1) is 22.3. The molecule has 3 rings (SSSR count). The van der Waals surface area contributed by atoms with Crippen molar-refractivity contribution in [2.45, 2.75) is 11.3 Å². The number of methoxy groups -OCH3 is 1. The maximum atomic E-state index is 12.1. The van der Waals surface area contributed by atoms with Gasteiger partial charge in [0.15, 0.2) is 15.8 Å². The number of amides is 1. The number of nitrogens with one attached hydrogen (secondary N) is 1. The largest absolute Gasteiger partial charge is 0.492 e. The molecule has 0 spiro atoms. The van der Waals surface area contributed by atoms with Crippen LogP contribution >= 0.6 is 39.0 Å². The zero-order valence-corrected chi connectivity index (χ0v) is 19.5. The predicted molar refractivity (Wildman–Crippen MR) is 124 cm³/mol. The summed E-state index contributed by atoms with van der Waals surface area (Å²) in [5.74, 6) is 1.17. The number of ether oxygens (including phenoxy) is 2. The number of carbonyl (C=O) groups excluding carboxylic acids is 1. The molecule has 156 valence electrons. The zero-order valence-electron chi connectivity index (χ0n) is 16.3. The standard InChI is InChI=1S/C20H19BrN4O3S2/c1-3-28-16-10-13(9-15(21)18(16)27-2)11-22-23-17(26)12-29-20-25-24-19(30-20)14-7-5-4-6-8-14/h4-11H,3,12H2,1-2H3,(H,23,26). The van der Waals surface area contributed by atoms with Crippen molar-refractivity contribution >= 4 is 51.2 Å². The molecule has 0 unspecified atom stereocenters. The zero-order chi connectivity index (χ0) is 21.3. The average Bonchev–Trinajstić information content (AvgIpc) is 3.22.